The van der Waals surface area contributed by atoms with Gasteiger partial charge in [0.05, 0.1) is 11.4 Å². The number of hydrogen-bond acceptors (Lipinski definition) is 7. The zero-order valence-corrected chi connectivity index (χ0v) is 52.3. The number of aryl methyl sites for hydroxylation is 9. The van der Waals surface area contributed by atoms with Gasteiger partial charge in [0.25, 0.3) is 20.1 Å². The minimum absolute atomic E-state index is 0.202. The number of hydrogen-bond donors (Lipinski definition) is 0. The van der Waals surface area contributed by atoms with Gasteiger partial charge in [-0.3, -0.25) is 0 Å². The van der Waals surface area contributed by atoms with Crippen molar-refractivity contribution in [3.8, 4) is 79.7 Å². The van der Waals surface area contributed by atoms with E-state index in [4.69, 9.17) is 23.7 Å². The maximum absolute atomic E-state index is 7.68. The van der Waals surface area contributed by atoms with Crippen molar-refractivity contribution in [2.75, 3.05) is 9.80 Å². The predicted octanol–water partition coefficient (Wildman–Crippen LogP) is 15.1. The normalized spacial score (nSPS) is 13.5. The minimum Gasteiger partial charge on any atom is -0.458 e. The highest BCUT2D eigenvalue weighted by molar-refractivity contribution is 7.03. The third-order valence-corrected chi connectivity index (χ3v) is 19.8. The lowest BCUT2D eigenvalue weighted by Crippen LogP contribution is -2.64. The van der Waals surface area contributed by atoms with Crippen LogP contribution in [0.25, 0.3) is 22.3 Å². The van der Waals surface area contributed by atoms with Crippen LogP contribution in [-0.2, 0) is 0 Å². The molecule has 6 aliphatic heterocycles. The van der Waals surface area contributed by atoms with Crippen LogP contribution in [0, 0.1) is 62.3 Å². The molecule has 10 heteroatoms. The number of nitrogens with zero attached hydrogens (tertiary/aromatic N) is 2. The number of fused-ring (bicyclic) bond motifs is 12. The largest absolute Gasteiger partial charge is 0.458 e. The third kappa shape index (κ3) is 8.04. The van der Waals surface area contributed by atoms with E-state index in [1.165, 1.54) is 50.1 Å². The molecule has 91 heavy (non-hydrogen) atoms. The molecule has 0 saturated carbocycles. The minimum atomic E-state index is -0.325. The van der Waals surface area contributed by atoms with Crippen molar-refractivity contribution in [2.45, 2.75) is 62.3 Å². The second-order valence-corrected chi connectivity index (χ2v) is 26.0. The molecule has 0 radical (unpaired) electrons. The molecule has 434 valence electrons. The molecule has 0 spiro atoms. The summed E-state index contributed by atoms with van der Waals surface area (Å²) in [5.74, 6) is 7.95. The highest BCUT2D eigenvalue weighted by Crippen LogP contribution is 2.50. The molecule has 12 aromatic carbocycles. The highest BCUT2D eigenvalue weighted by atomic mass is 16.5. The van der Waals surface area contributed by atoms with Crippen molar-refractivity contribution in [3.63, 3.8) is 0 Å². The summed E-state index contributed by atoms with van der Waals surface area (Å²) >= 11 is 0. The second-order valence-electron chi connectivity index (χ2n) is 26.0. The van der Waals surface area contributed by atoms with Crippen LogP contribution in [0.2, 0.25) is 0 Å². The molecule has 6 heterocycles. The van der Waals surface area contributed by atoms with Gasteiger partial charge in [-0.15, -0.1) is 0 Å². The Morgan fingerprint density at radius 2 is 0.648 bits per heavy atom. The Morgan fingerprint density at radius 3 is 1.11 bits per heavy atom. The van der Waals surface area contributed by atoms with Crippen molar-refractivity contribution in [1.82, 2.24) is 0 Å². The molecule has 0 saturated heterocycles. The van der Waals surface area contributed by atoms with Crippen LogP contribution in [0.1, 0.15) is 50.1 Å². The summed E-state index contributed by atoms with van der Waals surface area (Å²) in [5, 5.41) is 0. The number of benzene rings is 12. The van der Waals surface area contributed by atoms with Gasteiger partial charge in [-0.1, -0.05) is 138 Å². The highest BCUT2D eigenvalue weighted by Gasteiger charge is 2.49. The molecular formula is C81H61B3N2O5. The Labute approximate surface area is 532 Å². The van der Waals surface area contributed by atoms with E-state index in [9.17, 15) is 0 Å². The maximum Gasteiger partial charge on any atom is 0.260 e. The molecule has 0 unspecified atom stereocenters. The van der Waals surface area contributed by atoms with Crippen molar-refractivity contribution >= 4 is 103 Å². The van der Waals surface area contributed by atoms with E-state index in [2.05, 4.69) is 278 Å². The number of anilines is 6. The fourth-order valence-electron chi connectivity index (χ4n) is 16.7. The molecule has 0 atom stereocenters. The molecule has 0 aromatic heterocycles. The fraction of sp³-hybridized carbons (Fsp3) is 0.111. The number of rotatable bonds is 6. The molecule has 7 nitrogen and oxygen atoms in total. The van der Waals surface area contributed by atoms with Crippen LogP contribution in [0.15, 0.2) is 206 Å². The van der Waals surface area contributed by atoms with Crippen molar-refractivity contribution in [2.24, 2.45) is 0 Å². The van der Waals surface area contributed by atoms with Crippen LogP contribution in [0.4, 0.5) is 34.1 Å². The van der Waals surface area contributed by atoms with Gasteiger partial charge >= 0.3 is 0 Å². The summed E-state index contributed by atoms with van der Waals surface area (Å²) < 4.78 is 36.6. The van der Waals surface area contributed by atoms with Gasteiger partial charge in [0.1, 0.15) is 57.5 Å². The zero-order valence-electron chi connectivity index (χ0n) is 52.3. The Balaban J connectivity index is 0.914. The van der Waals surface area contributed by atoms with E-state index in [0.717, 1.165) is 163 Å². The number of ether oxygens (including phenoxy) is 5. The third-order valence-electron chi connectivity index (χ3n) is 19.8. The van der Waals surface area contributed by atoms with Crippen LogP contribution in [0.5, 0.6) is 57.5 Å². The van der Waals surface area contributed by atoms with Crippen LogP contribution < -0.4 is 82.6 Å². The molecule has 0 N–H and O–H groups in total. The first kappa shape index (κ1) is 53.5. The topological polar surface area (TPSA) is 52.6 Å². The Kier molecular flexibility index (Phi) is 11.6. The second kappa shape index (κ2) is 19.7. The van der Waals surface area contributed by atoms with E-state index < -0.39 is 0 Å². The Bertz CT molecular complexity index is 5090. The molecular weight excluding hydrogens is 1110 g/mol. The quantitative estimate of drug-likeness (QED) is 0.154. The summed E-state index contributed by atoms with van der Waals surface area (Å²) in [6, 6.07) is 75.1. The van der Waals surface area contributed by atoms with E-state index in [-0.39, 0.29) is 20.1 Å². The van der Waals surface area contributed by atoms with Crippen LogP contribution in [-0.4, -0.2) is 20.1 Å². The van der Waals surface area contributed by atoms with E-state index in [1.54, 1.807) is 0 Å². The molecule has 0 amide bonds. The van der Waals surface area contributed by atoms with Gasteiger partial charge < -0.3 is 33.5 Å². The van der Waals surface area contributed by atoms with Gasteiger partial charge in [-0.05, 0) is 223 Å². The van der Waals surface area contributed by atoms with Crippen LogP contribution >= 0.6 is 0 Å². The fourth-order valence-corrected chi connectivity index (χ4v) is 16.7. The molecule has 12 aromatic rings. The van der Waals surface area contributed by atoms with Gasteiger partial charge in [0, 0.05) is 51.9 Å². The average molecular weight is 1170 g/mol. The van der Waals surface area contributed by atoms with Gasteiger partial charge in [0.15, 0.2) is 0 Å². The Hall–Kier alpha value is -10.6. The van der Waals surface area contributed by atoms with Gasteiger partial charge in [0.2, 0.25) is 0 Å². The standard InChI is InChI=1S/C81H61B3N2O5/c1-44-28-47(4)76(48(5)29-44)53-34-71-79-73(36-53)89-68-42-64-60(40-61(68)82(79)58-24-16-18-26-66(58)87-71)84-63-41-62-69(90-74-37-54(77-49(6)30-45(2)31-50(77)7)35-72-80(74)83(62)59-25-17-19-27-67(59)88-72)43-70(63)91-75-39-57(85(55-20-12-10-13-21-55)56-22-14-11-15-23-56)38-65(78(75)84)86(64)81-51(8)32-46(3)33-52(81)9/h10-43H,1-9H3. The van der Waals surface area contributed by atoms with E-state index >= 15 is 0 Å². The van der Waals surface area contributed by atoms with Crippen LogP contribution in [0.3, 0.4) is 0 Å². The van der Waals surface area contributed by atoms with E-state index in [0.29, 0.717) is 0 Å². The SMILES string of the molecule is Cc1cc(C)c(-c2cc3c4c(c2)Oc2cc5c(cc2B4c2ccccc2O3)B2c3cc4c(cc3N(c3c(C)cc(C)cc3C)c3cc(N(c6ccccc6)c6ccccc6)cc(c32)O5)Oc2cc(-c3c(C)cc(C)cc3C)cc3c2B4c2ccccc2O3)c(C)c1. The average Bonchev–Trinajstić information content (AvgIpc) is 0.698. The van der Waals surface area contributed by atoms with Crippen molar-refractivity contribution in [3.05, 3.63) is 256 Å². The summed E-state index contributed by atoms with van der Waals surface area (Å²) in [6.45, 7) is 19.1. The smallest absolute Gasteiger partial charge is 0.260 e. The molecule has 0 fully saturated rings. The molecule has 6 aliphatic rings. The number of para-hydroxylation sites is 4. The summed E-state index contributed by atoms with van der Waals surface area (Å²) in [6.07, 6.45) is 0. The first-order valence-electron chi connectivity index (χ1n) is 31.7. The van der Waals surface area contributed by atoms with Gasteiger partial charge in [-0.25, -0.2) is 0 Å². The maximum atomic E-state index is 7.68. The molecule has 0 aliphatic carbocycles. The Morgan fingerprint density at radius 1 is 0.275 bits per heavy atom. The lowest BCUT2D eigenvalue weighted by atomic mass is 9.30. The lowest BCUT2D eigenvalue weighted by Gasteiger charge is -2.43. The summed E-state index contributed by atoms with van der Waals surface area (Å²) in [7, 11) is 0. The lowest BCUT2D eigenvalue weighted by molar-refractivity contribution is 0.456. The predicted molar refractivity (Wildman–Crippen MR) is 376 cm³/mol. The first-order chi connectivity index (χ1) is 44.3. The van der Waals surface area contributed by atoms with E-state index in [1.807, 2.05) is 0 Å². The summed E-state index contributed by atoms with van der Waals surface area (Å²) in [5.41, 5.74) is 31.2. The zero-order chi connectivity index (χ0) is 61.4. The summed E-state index contributed by atoms with van der Waals surface area (Å²) in [4.78, 5) is 4.87. The van der Waals surface area contributed by atoms with Crippen molar-refractivity contribution < 1.29 is 23.7 Å². The molecule has 0 bridgehead atoms. The molecule has 18 rings (SSSR count). The van der Waals surface area contributed by atoms with Crippen molar-refractivity contribution in [1.29, 1.82) is 0 Å². The van der Waals surface area contributed by atoms with Gasteiger partial charge in [-0.2, -0.15) is 0 Å². The monoisotopic (exact) mass is 1170 g/mol. The first-order valence-corrected chi connectivity index (χ1v) is 31.7.